The number of rotatable bonds is 2. The zero-order chi connectivity index (χ0) is 11.7. The second kappa shape index (κ2) is 42.8. The summed E-state index contributed by atoms with van der Waals surface area (Å²) in [5.41, 5.74) is 0. The molecule has 0 aliphatic rings. The van der Waals surface area contributed by atoms with Gasteiger partial charge in [0.25, 0.3) is 0 Å². The predicted octanol–water partition coefficient (Wildman–Crippen LogP) is 5.00. The molecule has 0 N–H and O–H groups in total. The van der Waals surface area contributed by atoms with Crippen LogP contribution in [-0.2, 0) is 4.74 Å². The van der Waals surface area contributed by atoms with Crippen LogP contribution in [-0.4, -0.2) is 0 Å². The molecule has 1 nitrogen and oxygen atoms in total. The Bertz CT molecular complexity index is 56.8. The van der Waals surface area contributed by atoms with Crippen LogP contribution in [0.5, 0.6) is 0 Å². The average Bonchev–Trinajstić information content (AvgIpc) is 2.12. The van der Waals surface area contributed by atoms with Gasteiger partial charge in [0.05, 0.1) is 12.5 Å². The van der Waals surface area contributed by atoms with Gasteiger partial charge >= 0.3 is 0 Å². The first-order valence-electron chi connectivity index (χ1n) is 5.02. The minimum Gasteiger partial charge on any atom is -0.474 e. The van der Waals surface area contributed by atoms with Crippen LogP contribution < -0.4 is 0 Å². The second-order valence-electron chi connectivity index (χ2n) is 2.20. The zero-order valence-electron chi connectivity index (χ0n) is 10.6. The van der Waals surface area contributed by atoms with Crippen LogP contribution >= 0.6 is 0 Å². The first-order valence-corrected chi connectivity index (χ1v) is 5.02. The van der Waals surface area contributed by atoms with Gasteiger partial charge in [-0.15, -0.1) is 0 Å². The summed E-state index contributed by atoms with van der Waals surface area (Å²) in [6.45, 7) is 21.0. The first kappa shape index (κ1) is 22.8. The highest BCUT2D eigenvalue weighted by atomic mass is 16.5. The van der Waals surface area contributed by atoms with Crippen LogP contribution in [0.1, 0.15) is 48.5 Å². The Labute approximate surface area is 85.5 Å². The number of hydrogen-bond donors (Lipinski definition) is 0. The Morgan fingerprint density at radius 1 is 0.846 bits per heavy atom. The smallest absolute Gasteiger partial charge is 0.0829 e. The number of hydrogen-bond acceptors (Lipinski definition) is 1. The SMILES string of the molecule is C=COC=C.CC.CC.CC(C)C. The van der Waals surface area contributed by atoms with Crippen molar-refractivity contribution in [3.63, 3.8) is 0 Å². The maximum atomic E-state index is 4.36. The van der Waals surface area contributed by atoms with Gasteiger partial charge < -0.3 is 4.74 Å². The molecule has 0 fully saturated rings. The van der Waals surface area contributed by atoms with Gasteiger partial charge in [-0.05, 0) is 5.92 Å². The minimum absolute atomic E-state index is 0.833. The summed E-state index contributed by atoms with van der Waals surface area (Å²) in [7, 11) is 0. The third-order valence-electron chi connectivity index (χ3n) is 0.192. The molecule has 13 heavy (non-hydrogen) atoms. The van der Waals surface area contributed by atoms with Gasteiger partial charge in [-0.1, -0.05) is 61.6 Å². The van der Waals surface area contributed by atoms with E-state index in [-0.39, 0.29) is 0 Å². The standard InChI is InChI=1S/C4H6O.C4H10.2C2H6/c1-3-5-4-2;1-4(2)3;2*1-2/h3-4H,1-2H2;4H,1-3H3;2*1-2H3. The van der Waals surface area contributed by atoms with E-state index in [0.29, 0.717) is 0 Å². The fourth-order valence-electron chi connectivity index (χ4n) is 0.0680. The van der Waals surface area contributed by atoms with Crippen molar-refractivity contribution in [1.82, 2.24) is 0 Å². The summed E-state index contributed by atoms with van der Waals surface area (Å²) in [6, 6.07) is 0. The van der Waals surface area contributed by atoms with Gasteiger partial charge in [0, 0.05) is 0 Å². The van der Waals surface area contributed by atoms with E-state index < -0.39 is 0 Å². The molecule has 0 saturated carbocycles. The molecule has 82 valence electrons. The Balaban J connectivity index is -0.0000000457. The maximum absolute atomic E-state index is 4.36. The van der Waals surface area contributed by atoms with Crippen LogP contribution in [0.25, 0.3) is 0 Å². The largest absolute Gasteiger partial charge is 0.474 e. The summed E-state index contributed by atoms with van der Waals surface area (Å²) >= 11 is 0. The van der Waals surface area contributed by atoms with Crippen molar-refractivity contribution in [1.29, 1.82) is 0 Å². The van der Waals surface area contributed by atoms with E-state index in [1.54, 1.807) is 0 Å². The van der Waals surface area contributed by atoms with Crippen molar-refractivity contribution in [3.05, 3.63) is 25.7 Å². The molecule has 0 bridgehead atoms. The lowest BCUT2D eigenvalue weighted by Crippen LogP contribution is -1.66. The minimum atomic E-state index is 0.833. The van der Waals surface area contributed by atoms with Crippen molar-refractivity contribution in [2.75, 3.05) is 0 Å². The summed E-state index contributed by atoms with van der Waals surface area (Å²) in [6.07, 6.45) is 2.62. The lowest BCUT2D eigenvalue weighted by Gasteiger charge is -1.79. The molecular weight excluding hydrogens is 160 g/mol. The van der Waals surface area contributed by atoms with Gasteiger partial charge in [0.15, 0.2) is 0 Å². The third-order valence-corrected chi connectivity index (χ3v) is 0.192. The molecule has 0 rings (SSSR count). The van der Waals surface area contributed by atoms with Gasteiger partial charge in [-0.2, -0.15) is 0 Å². The van der Waals surface area contributed by atoms with Crippen molar-refractivity contribution < 1.29 is 4.74 Å². The molecule has 0 atom stereocenters. The fraction of sp³-hybridized carbons (Fsp3) is 0.667. The van der Waals surface area contributed by atoms with Gasteiger partial charge in [-0.3, -0.25) is 0 Å². The lowest BCUT2D eigenvalue weighted by molar-refractivity contribution is 0.406. The third kappa shape index (κ3) is 593. The van der Waals surface area contributed by atoms with Crippen molar-refractivity contribution in [3.8, 4) is 0 Å². The molecule has 0 aromatic rings. The summed E-state index contributed by atoms with van der Waals surface area (Å²) in [5.74, 6) is 0.833. The van der Waals surface area contributed by atoms with Crippen LogP contribution in [0.15, 0.2) is 25.7 Å². The molecule has 0 aliphatic heterocycles. The van der Waals surface area contributed by atoms with Crippen LogP contribution in [0.2, 0.25) is 0 Å². The molecule has 0 spiro atoms. The molecule has 0 aromatic carbocycles. The molecule has 1 heteroatoms. The Hall–Kier alpha value is -0.720. The van der Waals surface area contributed by atoms with Gasteiger partial charge in [0.1, 0.15) is 0 Å². The first-order chi connectivity index (χ1) is 6.15. The Kier molecular flexibility index (Phi) is 75.0. The Morgan fingerprint density at radius 2 is 1.00 bits per heavy atom. The van der Waals surface area contributed by atoms with E-state index in [4.69, 9.17) is 0 Å². The summed E-state index contributed by atoms with van der Waals surface area (Å²) in [4.78, 5) is 0. The average molecular weight is 188 g/mol. The highest BCUT2D eigenvalue weighted by Gasteiger charge is 1.68. The fourth-order valence-corrected chi connectivity index (χ4v) is 0.0680. The van der Waals surface area contributed by atoms with Gasteiger partial charge in [0.2, 0.25) is 0 Å². The molecule has 0 aliphatic carbocycles. The summed E-state index contributed by atoms with van der Waals surface area (Å²) < 4.78 is 4.36. The highest BCUT2D eigenvalue weighted by Crippen LogP contribution is 1.81. The van der Waals surface area contributed by atoms with Crippen molar-refractivity contribution in [2.45, 2.75) is 48.5 Å². The van der Waals surface area contributed by atoms with E-state index in [1.807, 2.05) is 27.7 Å². The van der Waals surface area contributed by atoms with Crippen LogP contribution in [0, 0.1) is 5.92 Å². The predicted molar refractivity (Wildman–Crippen MR) is 64.7 cm³/mol. The van der Waals surface area contributed by atoms with E-state index in [2.05, 4.69) is 38.7 Å². The van der Waals surface area contributed by atoms with Crippen LogP contribution in [0.3, 0.4) is 0 Å². The Morgan fingerprint density at radius 3 is 1.00 bits per heavy atom. The highest BCUT2D eigenvalue weighted by molar-refractivity contribution is 4.57. The molecule has 0 heterocycles. The van der Waals surface area contributed by atoms with E-state index >= 15 is 0 Å². The number of ether oxygens (including phenoxy) is 1. The second-order valence-corrected chi connectivity index (χ2v) is 2.20. The van der Waals surface area contributed by atoms with Crippen molar-refractivity contribution in [2.24, 2.45) is 5.92 Å². The van der Waals surface area contributed by atoms with E-state index in [9.17, 15) is 0 Å². The zero-order valence-corrected chi connectivity index (χ0v) is 10.6. The summed E-state index contributed by atoms with van der Waals surface area (Å²) in [5, 5.41) is 0. The molecule has 0 amide bonds. The van der Waals surface area contributed by atoms with E-state index in [1.165, 1.54) is 12.5 Å². The van der Waals surface area contributed by atoms with E-state index in [0.717, 1.165) is 5.92 Å². The molecular formula is C12H28O. The molecule has 0 aromatic heterocycles. The van der Waals surface area contributed by atoms with Crippen LogP contribution in [0.4, 0.5) is 0 Å². The molecule has 0 unspecified atom stereocenters. The molecule has 0 saturated heterocycles. The van der Waals surface area contributed by atoms with Crippen molar-refractivity contribution >= 4 is 0 Å². The quantitative estimate of drug-likeness (QED) is 0.554. The normalized spacial score (nSPS) is 5.85. The monoisotopic (exact) mass is 188 g/mol. The van der Waals surface area contributed by atoms with Gasteiger partial charge in [-0.25, -0.2) is 0 Å². The molecule has 0 radical (unpaired) electrons. The lowest BCUT2D eigenvalue weighted by atomic mass is 10.3. The topological polar surface area (TPSA) is 9.23 Å². The maximum Gasteiger partial charge on any atom is 0.0829 e.